The van der Waals surface area contributed by atoms with Gasteiger partial charge in [0.15, 0.2) is 11.5 Å². The minimum atomic E-state index is -0.730. The summed E-state index contributed by atoms with van der Waals surface area (Å²) in [6.07, 6.45) is 0.915. The van der Waals surface area contributed by atoms with Gasteiger partial charge in [-0.2, -0.15) is 0 Å². The van der Waals surface area contributed by atoms with Crippen LogP contribution in [0.2, 0.25) is 0 Å². The molecule has 1 amide bonds. The second-order valence-electron chi connectivity index (χ2n) is 5.35. The fourth-order valence-corrected chi connectivity index (χ4v) is 2.03. The zero-order valence-electron chi connectivity index (χ0n) is 13.1. The molecule has 0 aliphatic heterocycles. The average Bonchev–Trinajstić information content (AvgIpc) is 2.93. The molecule has 1 atom stereocenters. The Balaban J connectivity index is 2.18. The number of fused-ring (bicyclic) bond motifs is 1. The quantitative estimate of drug-likeness (QED) is 0.750. The number of aliphatic hydroxyl groups excluding tert-OH is 1. The van der Waals surface area contributed by atoms with E-state index in [0.29, 0.717) is 36.8 Å². The van der Waals surface area contributed by atoms with Gasteiger partial charge < -0.3 is 15.2 Å². The molecule has 2 aromatic rings. The molecular formula is C15H22N4O3. The number of rotatable bonds is 7. The summed E-state index contributed by atoms with van der Waals surface area (Å²) in [6.45, 7) is 7.26. The Morgan fingerprint density at radius 3 is 2.86 bits per heavy atom. The first-order valence-electron chi connectivity index (χ1n) is 7.43. The molecule has 2 heterocycles. The summed E-state index contributed by atoms with van der Waals surface area (Å²) in [5, 5.41) is 21.0. The molecular weight excluding hydrogens is 284 g/mol. The first kappa shape index (κ1) is 16.4. The van der Waals surface area contributed by atoms with Crippen molar-refractivity contribution in [2.75, 3.05) is 19.8 Å². The van der Waals surface area contributed by atoms with Crippen LogP contribution in [0.5, 0.6) is 0 Å². The molecule has 0 saturated carbocycles. The highest BCUT2D eigenvalue weighted by Crippen LogP contribution is 2.20. The fourth-order valence-electron chi connectivity index (χ4n) is 2.03. The fraction of sp³-hybridized carbons (Fsp3) is 0.533. The van der Waals surface area contributed by atoms with Crippen LogP contribution in [0.15, 0.2) is 18.3 Å². The largest absolute Gasteiger partial charge is 0.385 e. The second kappa shape index (κ2) is 7.33. The van der Waals surface area contributed by atoms with Gasteiger partial charge in [0.25, 0.3) is 5.91 Å². The molecule has 2 N–H and O–H groups in total. The zero-order chi connectivity index (χ0) is 16.1. The smallest absolute Gasteiger partial charge is 0.252 e. The standard InChI is InChI=1S/C15H22N4O3/c1-4-22-8-7-16-15(21)11-5-6-12-17-18-14(19(12)9-11)13(20)10(2)3/h5-6,9-10,13,20H,4,7-8H2,1-3H3,(H,16,21). The van der Waals surface area contributed by atoms with Gasteiger partial charge in [0.1, 0.15) is 6.10 Å². The summed E-state index contributed by atoms with van der Waals surface area (Å²) in [6, 6.07) is 3.40. The Labute approximate surface area is 129 Å². The topological polar surface area (TPSA) is 88.8 Å². The molecule has 0 bridgehead atoms. The van der Waals surface area contributed by atoms with Crippen molar-refractivity contribution in [2.45, 2.75) is 26.9 Å². The van der Waals surface area contributed by atoms with E-state index in [1.165, 1.54) is 0 Å². The maximum atomic E-state index is 12.1. The van der Waals surface area contributed by atoms with Gasteiger partial charge >= 0.3 is 0 Å². The highest BCUT2D eigenvalue weighted by Gasteiger charge is 2.19. The van der Waals surface area contributed by atoms with Crippen LogP contribution in [0, 0.1) is 5.92 Å². The Morgan fingerprint density at radius 1 is 1.41 bits per heavy atom. The summed E-state index contributed by atoms with van der Waals surface area (Å²) in [7, 11) is 0. The number of aromatic nitrogens is 3. The predicted octanol–water partition coefficient (Wildman–Crippen LogP) is 1.18. The van der Waals surface area contributed by atoms with E-state index in [-0.39, 0.29) is 11.8 Å². The van der Waals surface area contributed by atoms with Crippen LogP contribution in [0.4, 0.5) is 0 Å². The van der Waals surface area contributed by atoms with Gasteiger partial charge in [-0.1, -0.05) is 13.8 Å². The number of amides is 1. The van der Waals surface area contributed by atoms with Crippen LogP contribution in [0.1, 0.15) is 43.1 Å². The molecule has 0 saturated heterocycles. The van der Waals surface area contributed by atoms with Crippen molar-refractivity contribution in [1.29, 1.82) is 0 Å². The molecule has 0 aromatic carbocycles. The molecule has 1 unspecified atom stereocenters. The van der Waals surface area contributed by atoms with E-state index in [1.807, 2.05) is 20.8 Å². The first-order valence-corrected chi connectivity index (χ1v) is 7.43. The third-order valence-electron chi connectivity index (χ3n) is 3.32. The molecule has 7 nitrogen and oxygen atoms in total. The van der Waals surface area contributed by atoms with Crippen LogP contribution in [0.25, 0.3) is 5.65 Å². The lowest BCUT2D eigenvalue weighted by Crippen LogP contribution is -2.27. The first-order chi connectivity index (χ1) is 10.5. The van der Waals surface area contributed by atoms with Gasteiger partial charge in [-0.25, -0.2) is 0 Å². The molecule has 0 aliphatic rings. The van der Waals surface area contributed by atoms with Crippen LogP contribution in [-0.4, -0.2) is 45.4 Å². The van der Waals surface area contributed by atoms with Gasteiger partial charge in [0.05, 0.1) is 12.2 Å². The monoisotopic (exact) mass is 306 g/mol. The Bertz CT molecular complexity index is 639. The highest BCUT2D eigenvalue weighted by molar-refractivity contribution is 5.94. The minimum Gasteiger partial charge on any atom is -0.385 e. The van der Waals surface area contributed by atoms with Gasteiger partial charge in [0, 0.05) is 19.3 Å². The van der Waals surface area contributed by atoms with Crippen molar-refractivity contribution in [2.24, 2.45) is 5.92 Å². The number of ether oxygens (including phenoxy) is 1. The molecule has 0 fully saturated rings. The molecule has 2 rings (SSSR count). The Hall–Kier alpha value is -1.99. The second-order valence-corrected chi connectivity index (χ2v) is 5.35. The number of carbonyl (C=O) groups is 1. The lowest BCUT2D eigenvalue weighted by molar-refractivity contribution is 0.0921. The maximum Gasteiger partial charge on any atom is 0.252 e. The minimum absolute atomic E-state index is 0.0103. The average molecular weight is 306 g/mol. The summed E-state index contributed by atoms with van der Waals surface area (Å²) in [5.41, 5.74) is 1.08. The van der Waals surface area contributed by atoms with E-state index < -0.39 is 6.10 Å². The van der Waals surface area contributed by atoms with Gasteiger partial charge in [0.2, 0.25) is 0 Å². The van der Waals surface area contributed by atoms with Crippen LogP contribution in [-0.2, 0) is 4.74 Å². The summed E-state index contributed by atoms with van der Waals surface area (Å²) in [5.74, 6) is 0.255. The predicted molar refractivity (Wildman–Crippen MR) is 81.6 cm³/mol. The van der Waals surface area contributed by atoms with Crippen molar-refractivity contribution in [3.8, 4) is 0 Å². The van der Waals surface area contributed by atoms with Crippen LogP contribution >= 0.6 is 0 Å². The SMILES string of the molecule is CCOCCNC(=O)c1ccc2nnc(C(O)C(C)C)n2c1. The number of nitrogens with one attached hydrogen (secondary N) is 1. The van der Waals surface area contributed by atoms with E-state index in [2.05, 4.69) is 15.5 Å². The number of hydrogen-bond donors (Lipinski definition) is 2. The molecule has 120 valence electrons. The van der Waals surface area contributed by atoms with Gasteiger partial charge in [-0.05, 0) is 25.0 Å². The lowest BCUT2D eigenvalue weighted by atomic mass is 10.1. The molecule has 2 aromatic heterocycles. The van der Waals surface area contributed by atoms with E-state index >= 15 is 0 Å². The molecule has 0 spiro atoms. The summed E-state index contributed by atoms with van der Waals surface area (Å²) < 4.78 is 6.84. The number of pyridine rings is 1. The molecule has 22 heavy (non-hydrogen) atoms. The van der Waals surface area contributed by atoms with Gasteiger partial charge in [-0.15, -0.1) is 10.2 Å². The molecule has 0 aliphatic carbocycles. The molecule has 0 radical (unpaired) electrons. The van der Waals surface area contributed by atoms with E-state index in [1.54, 1.807) is 22.7 Å². The highest BCUT2D eigenvalue weighted by atomic mass is 16.5. The normalized spacial score (nSPS) is 12.8. The summed E-state index contributed by atoms with van der Waals surface area (Å²) in [4.78, 5) is 12.1. The van der Waals surface area contributed by atoms with Gasteiger partial charge in [-0.3, -0.25) is 9.20 Å². The van der Waals surface area contributed by atoms with Crippen molar-refractivity contribution in [1.82, 2.24) is 19.9 Å². The number of carbonyl (C=O) groups excluding carboxylic acids is 1. The number of nitrogens with zero attached hydrogens (tertiary/aromatic N) is 3. The Morgan fingerprint density at radius 2 is 2.18 bits per heavy atom. The van der Waals surface area contributed by atoms with Crippen molar-refractivity contribution in [3.63, 3.8) is 0 Å². The van der Waals surface area contributed by atoms with Crippen molar-refractivity contribution >= 4 is 11.6 Å². The summed E-state index contributed by atoms with van der Waals surface area (Å²) >= 11 is 0. The molecule has 7 heteroatoms. The van der Waals surface area contributed by atoms with E-state index in [4.69, 9.17) is 4.74 Å². The zero-order valence-corrected chi connectivity index (χ0v) is 13.1. The third kappa shape index (κ3) is 3.61. The van der Waals surface area contributed by atoms with Crippen LogP contribution < -0.4 is 5.32 Å². The van der Waals surface area contributed by atoms with E-state index in [0.717, 1.165) is 0 Å². The maximum absolute atomic E-state index is 12.1. The van der Waals surface area contributed by atoms with Crippen molar-refractivity contribution in [3.05, 3.63) is 29.7 Å². The van der Waals surface area contributed by atoms with E-state index in [9.17, 15) is 9.90 Å². The number of aliphatic hydroxyl groups is 1. The number of hydrogen-bond acceptors (Lipinski definition) is 5. The lowest BCUT2D eigenvalue weighted by Gasteiger charge is -2.12. The van der Waals surface area contributed by atoms with Crippen molar-refractivity contribution < 1.29 is 14.6 Å². The third-order valence-corrected chi connectivity index (χ3v) is 3.32. The Kier molecular flexibility index (Phi) is 5.46. The van der Waals surface area contributed by atoms with Crippen LogP contribution in [0.3, 0.4) is 0 Å².